The number of rotatable bonds is 4. The van der Waals surface area contributed by atoms with Crippen molar-refractivity contribution in [3.05, 3.63) is 95.4 Å². The van der Waals surface area contributed by atoms with E-state index in [0.29, 0.717) is 22.1 Å². The third-order valence-electron chi connectivity index (χ3n) is 4.24. The van der Waals surface area contributed by atoms with Crippen molar-refractivity contribution < 1.29 is 4.79 Å². The summed E-state index contributed by atoms with van der Waals surface area (Å²) in [5.41, 5.74) is 3.05. The van der Waals surface area contributed by atoms with Gasteiger partial charge in [-0.05, 0) is 43.3 Å². The SMILES string of the molecule is Cc1ccc(-n2ncc(C(=O)Nc3ccccc3Cl)c2-n2cccc2)cc1. The van der Waals surface area contributed by atoms with E-state index < -0.39 is 0 Å². The number of carbonyl (C=O) groups excluding carboxylic acids is 1. The van der Waals surface area contributed by atoms with E-state index in [9.17, 15) is 4.79 Å². The maximum Gasteiger partial charge on any atom is 0.261 e. The number of nitrogens with zero attached hydrogens (tertiary/aromatic N) is 3. The Morgan fingerprint density at radius 2 is 1.70 bits per heavy atom. The van der Waals surface area contributed by atoms with Gasteiger partial charge in [-0.1, -0.05) is 41.4 Å². The number of anilines is 1. The molecule has 0 unspecified atom stereocenters. The fourth-order valence-electron chi connectivity index (χ4n) is 2.85. The normalized spacial score (nSPS) is 10.7. The first-order valence-corrected chi connectivity index (χ1v) is 8.85. The summed E-state index contributed by atoms with van der Waals surface area (Å²) in [6.45, 7) is 2.03. The van der Waals surface area contributed by atoms with E-state index in [1.54, 1.807) is 23.0 Å². The molecule has 134 valence electrons. The Balaban J connectivity index is 1.78. The molecule has 0 saturated heterocycles. The maximum atomic E-state index is 12.9. The lowest BCUT2D eigenvalue weighted by Crippen LogP contribution is -2.15. The minimum absolute atomic E-state index is 0.273. The minimum atomic E-state index is -0.273. The van der Waals surface area contributed by atoms with E-state index in [1.165, 1.54) is 0 Å². The predicted molar refractivity (Wildman–Crippen MR) is 107 cm³/mol. The third-order valence-corrected chi connectivity index (χ3v) is 4.57. The van der Waals surface area contributed by atoms with Crippen LogP contribution in [0.2, 0.25) is 5.02 Å². The number of aromatic nitrogens is 3. The highest BCUT2D eigenvalue weighted by Crippen LogP contribution is 2.24. The molecule has 1 N–H and O–H groups in total. The lowest BCUT2D eigenvalue weighted by Gasteiger charge is -2.12. The van der Waals surface area contributed by atoms with E-state index in [4.69, 9.17) is 11.6 Å². The minimum Gasteiger partial charge on any atom is -0.320 e. The molecule has 4 aromatic rings. The third kappa shape index (κ3) is 3.37. The first-order valence-electron chi connectivity index (χ1n) is 8.48. The number of hydrogen-bond donors (Lipinski definition) is 1. The first kappa shape index (κ1) is 17.1. The molecule has 0 saturated carbocycles. The summed E-state index contributed by atoms with van der Waals surface area (Å²) in [6.07, 6.45) is 5.34. The molecule has 27 heavy (non-hydrogen) atoms. The molecule has 0 fully saturated rings. The Labute approximate surface area is 161 Å². The molecule has 2 aromatic carbocycles. The summed E-state index contributed by atoms with van der Waals surface area (Å²) in [6, 6.07) is 18.9. The fraction of sp³-hybridized carbons (Fsp3) is 0.0476. The van der Waals surface area contributed by atoms with Gasteiger partial charge in [0.15, 0.2) is 5.82 Å². The van der Waals surface area contributed by atoms with Gasteiger partial charge in [0.25, 0.3) is 5.91 Å². The zero-order chi connectivity index (χ0) is 18.8. The lowest BCUT2D eigenvalue weighted by atomic mass is 10.2. The molecular formula is C21H17ClN4O. The van der Waals surface area contributed by atoms with Crippen molar-refractivity contribution >= 4 is 23.2 Å². The first-order chi connectivity index (χ1) is 13.1. The van der Waals surface area contributed by atoms with Gasteiger partial charge in [0, 0.05) is 12.4 Å². The second kappa shape index (κ2) is 7.13. The summed E-state index contributed by atoms with van der Waals surface area (Å²) in [5, 5.41) is 7.81. The van der Waals surface area contributed by atoms with Crippen LogP contribution in [-0.4, -0.2) is 20.3 Å². The highest BCUT2D eigenvalue weighted by atomic mass is 35.5. The molecule has 0 bridgehead atoms. The van der Waals surface area contributed by atoms with Crippen LogP contribution in [0, 0.1) is 6.92 Å². The van der Waals surface area contributed by atoms with Crippen LogP contribution < -0.4 is 5.32 Å². The van der Waals surface area contributed by atoms with Gasteiger partial charge in [-0.3, -0.25) is 4.79 Å². The van der Waals surface area contributed by atoms with Gasteiger partial charge in [-0.15, -0.1) is 0 Å². The van der Waals surface area contributed by atoms with Crippen LogP contribution in [0.25, 0.3) is 11.5 Å². The number of hydrogen-bond acceptors (Lipinski definition) is 2. The Hall–Kier alpha value is -3.31. The summed E-state index contributed by atoms with van der Waals surface area (Å²) >= 11 is 6.17. The van der Waals surface area contributed by atoms with Crippen molar-refractivity contribution in [2.45, 2.75) is 6.92 Å². The van der Waals surface area contributed by atoms with Crippen LogP contribution in [-0.2, 0) is 0 Å². The van der Waals surface area contributed by atoms with Crippen LogP contribution in [0.15, 0.2) is 79.3 Å². The predicted octanol–water partition coefficient (Wildman–Crippen LogP) is 4.88. The molecule has 0 aliphatic rings. The number of nitrogens with one attached hydrogen (secondary N) is 1. The molecule has 2 aromatic heterocycles. The molecule has 1 amide bonds. The number of amides is 1. The molecule has 0 spiro atoms. The van der Waals surface area contributed by atoms with Crippen molar-refractivity contribution in [2.24, 2.45) is 0 Å². The number of para-hydroxylation sites is 1. The topological polar surface area (TPSA) is 51.9 Å². The second-order valence-corrected chi connectivity index (χ2v) is 6.56. The zero-order valence-corrected chi connectivity index (χ0v) is 15.4. The van der Waals surface area contributed by atoms with Crippen molar-refractivity contribution in [1.82, 2.24) is 14.3 Å². The van der Waals surface area contributed by atoms with Crippen LogP contribution in [0.3, 0.4) is 0 Å². The van der Waals surface area contributed by atoms with Crippen molar-refractivity contribution in [3.8, 4) is 11.5 Å². The van der Waals surface area contributed by atoms with Crippen LogP contribution in [0.4, 0.5) is 5.69 Å². The molecule has 4 rings (SSSR count). The smallest absolute Gasteiger partial charge is 0.261 e. The van der Waals surface area contributed by atoms with Gasteiger partial charge in [0.1, 0.15) is 5.56 Å². The molecular weight excluding hydrogens is 360 g/mol. The van der Waals surface area contributed by atoms with E-state index in [0.717, 1.165) is 11.3 Å². The van der Waals surface area contributed by atoms with Gasteiger partial charge in [0.05, 0.1) is 22.6 Å². The van der Waals surface area contributed by atoms with Crippen LogP contribution in [0.5, 0.6) is 0 Å². The summed E-state index contributed by atoms with van der Waals surface area (Å²) in [5.74, 6) is 0.388. The Kier molecular flexibility index (Phi) is 4.52. The number of aryl methyl sites for hydroxylation is 1. The number of benzene rings is 2. The number of halogens is 1. The summed E-state index contributed by atoms with van der Waals surface area (Å²) < 4.78 is 3.62. The van der Waals surface area contributed by atoms with Gasteiger partial charge >= 0.3 is 0 Å². The average Bonchev–Trinajstić information content (AvgIpc) is 3.33. The van der Waals surface area contributed by atoms with Crippen LogP contribution in [0.1, 0.15) is 15.9 Å². The van der Waals surface area contributed by atoms with Crippen LogP contribution >= 0.6 is 11.6 Å². The summed E-state index contributed by atoms with van der Waals surface area (Å²) in [7, 11) is 0. The molecule has 5 nitrogen and oxygen atoms in total. The quantitative estimate of drug-likeness (QED) is 0.552. The van der Waals surface area contributed by atoms with Crippen molar-refractivity contribution in [1.29, 1.82) is 0 Å². The Morgan fingerprint density at radius 3 is 2.41 bits per heavy atom. The van der Waals surface area contributed by atoms with E-state index in [1.807, 2.05) is 72.4 Å². The highest BCUT2D eigenvalue weighted by Gasteiger charge is 2.20. The fourth-order valence-corrected chi connectivity index (χ4v) is 3.04. The highest BCUT2D eigenvalue weighted by molar-refractivity contribution is 6.33. The maximum absolute atomic E-state index is 12.9. The molecule has 0 radical (unpaired) electrons. The zero-order valence-electron chi connectivity index (χ0n) is 14.6. The summed E-state index contributed by atoms with van der Waals surface area (Å²) in [4.78, 5) is 12.9. The standard InChI is InChI=1S/C21H17ClN4O/c1-15-8-10-16(11-9-15)26-21(25-12-4-5-13-25)17(14-23-26)20(27)24-19-7-3-2-6-18(19)22/h2-14H,1H3,(H,24,27). The van der Waals surface area contributed by atoms with Gasteiger partial charge in [-0.25, -0.2) is 4.68 Å². The van der Waals surface area contributed by atoms with Gasteiger partial charge < -0.3 is 9.88 Å². The van der Waals surface area contributed by atoms with Crippen molar-refractivity contribution in [3.63, 3.8) is 0 Å². The van der Waals surface area contributed by atoms with Crippen molar-refractivity contribution in [2.75, 3.05) is 5.32 Å². The largest absolute Gasteiger partial charge is 0.320 e. The van der Waals surface area contributed by atoms with E-state index >= 15 is 0 Å². The second-order valence-electron chi connectivity index (χ2n) is 6.15. The Bertz CT molecular complexity index is 1080. The molecule has 2 heterocycles. The average molecular weight is 377 g/mol. The molecule has 0 aliphatic carbocycles. The number of carbonyl (C=O) groups is 1. The Morgan fingerprint density at radius 1 is 1.00 bits per heavy atom. The molecule has 0 atom stereocenters. The van der Waals surface area contributed by atoms with Gasteiger partial charge in [-0.2, -0.15) is 5.10 Å². The molecule has 6 heteroatoms. The van der Waals surface area contributed by atoms with Gasteiger partial charge in [0.2, 0.25) is 0 Å². The molecule has 0 aliphatic heterocycles. The van der Waals surface area contributed by atoms with E-state index in [-0.39, 0.29) is 5.91 Å². The lowest BCUT2D eigenvalue weighted by molar-refractivity contribution is 0.102. The monoisotopic (exact) mass is 376 g/mol. The van der Waals surface area contributed by atoms with E-state index in [2.05, 4.69) is 10.4 Å².